The van der Waals surface area contributed by atoms with Gasteiger partial charge < -0.3 is 9.64 Å². The molecule has 92 valence electrons. The van der Waals surface area contributed by atoms with E-state index in [1.165, 1.54) is 24.1 Å². The van der Waals surface area contributed by atoms with Crippen molar-refractivity contribution < 1.29 is 4.74 Å². The zero-order chi connectivity index (χ0) is 11.9. The predicted octanol–water partition coefficient (Wildman–Crippen LogP) is 3.73. The van der Waals surface area contributed by atoms with Crippen LogP contribution in [0.5, 0.6) is 0 Å². The molecule has 1 fully saturated rings. The largest absolute Gasteiger partial charge is 0.358 e. The van der Waals surface area contributed by atoms with E-state index in [2.05, 4.69) is 58.7 Å². The van der Waals surface area contributed by atoms with Crippen molar-refractivity contribution >= 4 is 28.3 Å². The molecule has 0 aliphatic carbocycles. The summed E-state index contributed by atoms with van der Waals surface area (Å²) in [4.78, 5) is 2.49. The first-order valence-electron chi connectivity index (χ1n) is 6.36. The summed E-state index contributed by atoms with van der Waals surface area (Å²) < 4.78 is 6.13. The molecule has 2 unspecified atom stereocenters. The van der Waals surface area contributed by atoms with E-state index < -0.39 is 0 Å². The SMILES string of the molecule is CC1(I)Cc2ccccc2N1C1CCCCO1. The first-order chi connectivity index (χ1) is 8.18. The molecule has 0 amide bonds. The molecule has 3 rings (SSSR count). The van der Waals surface area contributed by atoms with Crippen LogP contribution in [0.2, 0.25) is 0 Å². The molecule has 1 aromatic rings. The van der Waals surface area contributed by atoms with Gasteiger partial charge in [0.15, 0.2) is 0 Å². The highest BCUT2D eigenvalue weighted by Crippen LogP contribution is 2.45. The summed E-state index contributed by atoms with van der Waals surface area (Å²) in [5.41, 5.74) is 2.83. The van der Waals surface area contributed by atoms with E-state index in [0.29, 0.717) is 0 Å². The number of hydrogen-bond acceptors (Lipinski definition) is 2. The fourth-order valence-corrected chi connectivity index (χ4v) is 3.94. The molecule has 3 heteroatoms. The highest BCUT2D eigenvalue weighted by Gasteiger charge is 2.42. The normalized spacial score (nSPS) is 32.6. The van der Waals surface area contributed by atoms with Crippen LogP contribution >= 0.6 is 22.6 Å². The van der Waals surface area contributed by atoms with Crippen molar-refractivity contribution in [2.24, 2.45) is 0 Å². The van der Waals surface area contributed by atoms with Crippen LogP contribution in [0.15, 0.2) is 24.3 Å². The molecule has 0 N–H and O–H groups in total. The van der Waals surface area contributed by atoms with Crippen LogP contribution in [0.3, 0.4) is 0 Å². The van der Waals surface area contributed by atoms with Crippen molar-refractivity contribution in [1.82, 2.24) is 0 Å². The highest BCUT2D eigenvalue weighted by molar-refractivity contribution is 14.1. The summed E-state index contributed by atoms with van der Waals surface area (Å²) in [6.07, 6.45) is 5.05. The molecular formula is C14H18INO. The van der Waals surface area contributed by atoms with Gasteiger partial charge in [-0.15, -0.1) is 0 Å². The van der Waals surface area contributed by atoms with Crippen LogP contribution in [0.1, 0.15) is 31.7 Å². The minimum absolute atomic E-state index is 0.156. The number of hydrogen-bond donors (Lipinski definition) is 0. The van der Waals surface area contributed by atoms with Crippen molar-refractivity contribution in [1.29, 1.82) is 0 Å². The van der Waals surface area contributed by atoms with Gasteiger partial charge >= 0.3 is 0 Å². The summed E-state index contributed by atoms with van der Waals surface area (Å²) in [7, 11) is 0. The molecule has 2 aliphatic rings. The van der Waals surface area contributed by atoms with Crippen molar-refractivity contribution in [2.75, 3.05) is 11.5 Å². The van der Waals surface area contributed by atoms with Crippen LogP contribution in [0.25, 0.3) is 0 Å². The van der Waals surface area contributed by atoms with Crippen LogP contribution in [-0.4, -0.2) is 16.4 Å². The Kier molecular flexibility index (Phi) is 3.07. The quantitative estimate of drug-likeness (QED) is 0.438. The van der Waals surface area contributed by atoms with E-state index in [1.54, 1.807) is 0 Å². The van der Waals surface area contributed by atoms with E-state index in [4.69, 9.17) is 4.74 Å². The molecule has 0 aromatic heterocycles. The smallest absolute Gasteiger partial charge is 0.131 e. The lowest BCUT2D eigenvalue weighted by Crippen LogP contribution is -2.48. The second-order valence-corrected chi connectivity index (χ2v) is 7.46. The Morgan fingerprint density at radius 1 is 1.35 bits per heavy atom. The van der Waals surface area contributed by atoms with Crippen LogP contribution < -0.4 is 4.90 Å². The Morgan fingerprint density at radius 2 is 2.18 bits per heavy atom. The summed E-state index contributed by atoms with van der Waals surface area (Å²) in [6.45, 7) is 3.22. The molecule has 2 nitrogen and oxygen atoms in total. The number of benzene rings is 1. The van der Waals surface area contributed by atoms with Crippen LogP contribution in [0, 0.1) is 0 Å². The van der Waals surface area contributed by atoms with Gasteiger partial charge in [0, 0.05) is 18.7 Å². The molecule has 0 spiro atoms. The Hall–Kier alpha value is -0.290. The zero-order valence-corrected chi connectivity index (χ0v) is 12.3. The number of anilines is 1. The Labute approximate surface area is 116 Å². The summed E-state index contributed by atoms with van der Waals surface area (Å²) >= 11 is 2.57. The van der Waals surface area contributed by atoms with Crippen LogP contribution in [0.4, 0.5) is 5.69 Å². The third-order valence-electron chi connectivity index (χ3n) is 3.71. The van der Waals surface area contributed by atoms with Gasteiger partial charge in [0.1, 0.15) is 6.23 Å². The van der Waals surface area contributed by atoms with E-state index in [1.807, 2.05) is 0 Å². The third-order valence-corrected chi connectivity index (χ3v) is 4.61. The number of rotatable bonds is 1. The van der Waals surface area contributed by atoms with Gasteiger partial charge in [0.25, 0.3) is 0 Å². The lowest BCUT2D eigenvalue weighted by Gasteiger charge is -2.40. The standard InChI is InChI=1S/C14H18INO/c1-14(15)10-11-6-2-3-7-12(11)16(14)13-8-4-5-9-17-13/h2-3,6-7,13H,4-5,8-10H2,1H3. The number of ether oxygens (including phenoxy) is 1. The van der Waals surface area contributed by atoms with Gasteiger partial charge in [-0.2, -0.15) is 0 Å². The molecule has 0 bridgehead atoms. The molecule has 17 heavy (non-hydrogen) atoms. The maximum atomic E-state index is 5.98. The van der Waals surface area contributed by atoms with E-state index in [-0.39, 0.29) is 9.77 Å². The number of fused-ring (bicyclic) bond motifs is 1. The van der Waals surface area contributed by atoms with E-state index >= 15 is 0 Å². The van der Waals surface area contributed by atoms with Crippen molar-refractivity contribution in [3.63, 3.8) is 0 Å². The minimum atomic E-state index is 0.156. The number of para-hydroxylation sites is 1. The number of alkyl halides is 1. The fraction of sp³-hybridized carbons (Fsp3) is 0.571. The van der Waals surface area contributed by atoms with E-state index in [9.17, 15) is 0 Å². The maximum Gasteiger partial charge on any atom is 0.131 e. The van der Waals surface area contributed by atoms with Gasteiger partial charge in [0.05, 0.1) is 3.55 Å². The summed E-state index contributed by atoms with van der Waals surface area (Å²) in [5, 5.41) is 0. The average Bonchev–Trinajstić information content (AvgIpc) is 2.60. The highest BCUT2D eigenvalue weighted by atomic mass is 127. The molecule has 2 heterocycles. The van der Waals surface area contributed by atoms with Crippen LogP contribution in [-0.2, 0) is 11.2 Å². The Balaban J connectivity index is 1.95. The first kappa shape index (κ1) is 11.8. The molecule has 1 saturated heterocycles. The van der Waals surface area contributed by atoms with Crippen molar-refractivity contribution in [3.05, 3.63) is 29.8 Å². The molecule has 1 aromatic carbocycles. The zero-order valence-electron chi connectivity index (χ0n) is 10.2. The fourth-order valence-electron chi connectivity index (χ4n) is 2.96. The van der Waals surface area contributed by atoms with Gasteiger partial charge in [-0.05, 0) is 37.8 Å². The lowest BCUT2D eigenvalue weighted by molar-refractivity contribution is 0.0106. The number of halogens is 1. The van der Waals surface area contributed by atoms with E-state index in [0.717, 1.165) is 19.4 Å². The minimum Gasteiger partial charge on any atom is -0.358 e. The average molecular weight is 343 g/mol. The maximum absolute atomic E-state index is 5.98. The molecule has 2 aliphatic heterocycles. The Bertz CT molecular complexity index is 412. The van der Waals surface area contributed by atoms with Gasteiger partial charge in [-0.3, -0.25) is 0 Å². The first-order valence-corrected chi connectivity index (χ1v) is 7.44. The van der Waals surface area contributed by atoms with Crippen molar-refractivity contribution in [3.8, 4) is 0 Å². The molecule has 0 radical (unpaired) electrons. The summed E-state index contributed by atoms with van der Waals surface area (Å²) in [6, 6.07) is 8.75. The third kappa shape index (κ3) is 2.08. The van der Waals surface area contributed by atoms with Gasteiger partial charge in [0.2, 0.25) is 0 Å². The molecular weight excluding hydrogens is 325 g/mol. The second-order valence-electron chi connectivity index (χ2n) is 5.14. The lowest BCUT2D eigenvalue weighted by atomic mass is 10.1. The van der Waals surface area contributed by atoms with Gasteiger partial charge in [-0.1, -0.05) is 40.8 Å². The predicted molar refractivity (Wildman–Crippen MR) is 78.6 cm³/mol. The second kappa shape index (κ2) is 4.43. The summed E-state index contributed by atoms with van der Waals surface area (Å²) in [5.74, 6) is 0. The monoisotopic (exact) mass is 343 g/mol. The molecule has 0 saturated carbocycles. The molecule has 2 atom stereocenters. The topological polar surface area (TPSA) is 12.5 Å². The van der Waals surface area contributed by atoms with Gasteiger partial charge in [-0.25, -0.2) is 0 Å². The Morgan fingerprint density at radius 3 is 2.94 bits per heavy atom. The number of nitrogens with zero attached hydrogens (tertiary/aromatic N) is 1. The van der Waals surface area contributed by atoms with Crippen molar-refractivity contribution in [2.45, 2.75) is 42.4 Å².